The minimum Gasteiger partial charge on any atom is -0.313 e. The molecule has 2 nitrogen and oxygen atoms in total. The predicted octanol–water partition coefficient (Wildman–Crippen LogP) is 3.12. The van der Waals surface area contributed by atoms with Crippen molar-refractivity contribution in [1.82, 2.24) is 0 Å². The molecule has 16 heavy (non-hydrogen) atoms. The fraction of sp³-hybridized carbons (Fsp3) is 0.417. The standard InChI is InChI=1S/C12H12F2O2/c1-8(15)9-3-2-4-10(7-9)12(13,14)16-11-5-6-11/h2-4,7,11H,5-6H2,1H3. The molecule has 0 aromatic heterocycles. The Morgan fingerprint density at radius 3 is 2.69 bits per heavy atom. The normalized spacial score (nSPS) is 16.2. The Hall–Kier alpha value is -1.29. The predicted molar refractivity (Wildman–Crippen MR) is 54.4 cm³/mol. The van der Waals surface area contributed by atoms with Crippen molar-refractivity contribution in [2.45, 2.75) is 32.0 Å². The molecule has 1 saturated carbocycles. The largest absolute Gasteiger partial charge is 0.383 e. The molecule has 4 heteroatoms. The van der Waals surface area contributed by atoms with Crippen LogP contribution >= 0.6 is 0 Å². The molecule has 1 fully saturated rings. The minimum absolute atomic E-state index is 0.232. The van der Waals surface area contributed by atoms with Crippen LogP contribution in [-0.2, 0) is 10.8 Å². The molecule has 2 rings (SSSR count). The summed E-state index contributed by atoms with van der Waals surface area (Å²) >= 11 is 0. The molecule has 0 saturated heterocycles. The molecule has 0 heterocycles. The summed E-state index contributed by atoms with van der Waals surface area (Å²) in [4.78, 5) is 11.1. The van der Waals surface area contributed by atoms with Crippen LogP contribution in [0.4, 0.5) is 8.78 Å². The molecule has 0 unspecified atom stereocenters. The highest BCUT2D eigenvalue weighted by atomic mass is 19.3. The third-order valence-electron chi connectivity index (χ3n) is 2.44. The molecule has 0 amide bonds. The average Bonchev–Trinajstić information content (AvgIpc) is 3.01. The van der Waals surface area contributed by atoms with E-state index in [2.05, 4.69) is 4.74 Å². The number of benzene rings is 1. The van der Waals surface area contributed by atoms with Crippen LogP contribution in [0.1, 0.15) is 35.7 Å². The molecule has 86 valence electrons. The van der Waals surface area contributed by atoms with Gasteiger partial charge in [-0.3, -0.25) is 4.79 Å². The van der Waals surface area contributed by atoms with Gasteiger partial charge >= 0.3 is 6.11 Å². The van der Waals surface area contributed by atoms with Gasteiger partial charge in [0, 0.05) is 5.56 Å². The van der Waals surface area contributed by atoms with E-state index < -0.39 is 6.11 Å². The van der Waals surface area contributed by atoms with Gasteiger partial charge in [0.15, 0.2) is 5.78 Å². The molecule has 0 atom stereocenters. The van der Waals surface area contributed by atoms with Gasteiger partial charge < -0.3 is 4.74 Å². The van der Waals surface area contributed by atoms with Gasteiger partial charge in [0.05, 0.1) is 11.7 Å². The van der Waals surface area contributed by atoms with Crippen molar-refractivity contribution in [3.63, 3.8) is 0 Å². The number of alkyl halides is 2. The first-order valence-corrected chi connectivity index (χ1v) is 5.16. The van der Waals surface area contributed by atoms with E-state index in [1.165, 1.54) is 31.2 Å². The van der Waals surface area contributed by atoms with Gasteiger partial charge in [0.2, 0.25) is 0 Å². The molecule has 0 spiro atoms. The molecular formula is C12H12F2O2. The monoisotopic (exact) mass is 226 g/mol. The van der Waals surface area contributed by atoms with Crippen LogP contribution in [0.15, 0.2) is 24.3 Å². The molecule has 0 N–H and O–H groups in total. The van der Waals surface area contributed by atoms with Crippen LogP contribution in [0, 0.1) is 0 Å². The van der Waals surface area contributed by atoms with E-state index in [-0.39, 0.29) is 23.0 Å². The van der Waals surface area contributed by atoms with Crippen molar-refractivity contribution in [2.75, 3.05) is 0 Å². The number of hydrogen-bond acceptors (Lipinski definition) is 2. The summed E-state index contributed by atoms with van der Waals surface area (Å²) in [6, 6.07) is 5.41. The van der Waals surface area contributed by atoms with Crippen LogP contribution in [0.25, 0.3) is 0 Å². The smallest absolute Gasteiger partial charge is 0.313 e. The second-order valence-corrected chi connectivity index (χ2v) is 3.97. The van der Waals surface area contributed by atoms with Crippen molar-refractivity contribution in [2.24, 2.45) is 0 Å². The van der Waals surface area contributed by atoms with Gasteiger partial charge in [-0.2, -0.15) is 8.78 Å². The Labute approximate surface area is 92.2 Å². The third kappa shape index (κ3) is 2.44. The zero-order valence-corrected chi connectivity index (χ0v) is 8.87. The first-order valence-electron chi connectivity index (χ1n) is 5.16. The van der Waals surface area contributed by atoms with Crippen molar-refractivity contribution < 1.29 is 18.3 Å². The third-order valence-corrected chi connectivity index (χ3v) is 2.44. The van der Waals surface area contributed by atoms with Crippen molar-refractivity contribution in [3.05, 3.63) is 35.4 Å². The van der Waals surface area contributed by atoms with Gasteiger partial charge in [-0.1, -0.05) is 18.2 Å². The first-order chi connectivity index (χ1) is 7.49. The minimum atomic E-state index is -3.30. The van der Waals surface area contributed by atoms with E-state index in [9.17, 15) is 13.6 Å². The molecule has 1 aromatic rings. The summed E-state index contributed by atoms with van der Waals surface area (Å²) in [5.74, 6) is -0.232. The molecule has 0 radical (unpaired) electrons. The topological polar surface area (TPSA) is 26.3 Å². The van der Waals surface area contributed by atoms with Gasteiger partial charge in [0.1, 0.15) is 0 Å². The highest BCUT2D eigenvalue weighted by Crippen LogP contribution is 2.37. The van der Waals surface area contributed by atoms with Crippen molar-refractivity contribution in [3.8, 4) is 0 Å². The number of Topliss-reactive ketones (excluding diaryl/α,β-unsaturated/α-hetero) is 1. The van der Waals surface area contributed by atoms with Crippen LogP contribution in [0.5, 0.6) is 0 Å². The Morgan fingerprint density at radius 2 is 2.12 bits per heavy atom. The Kier molecular flexibility index (Phi) is 2.76. The quantitative estimate of drug-likeness (QED) is 0.737. The molecule has 1 aliphatic carbocycles. The maximum atomic E-state index is 13.6. The highest BCUT2D eigenvalue weighted by Gasteiger charge is 2.40. The zero-order valence-electron chi connectivity index (χ0n) is 8.87. The summed E-state index contributed by atoms with van der Waals surface area (Å²) in [6.07, 6.45) is -2.27. The molecule has 1 aromatic carbocycles. The van der Waals surface area contributed by atoms with Crippen molar-refractivity contribution in [1.29, 1.82) is 0 Å². The zero-order chi connectivity index (χ0) is 11.8. The fourth-order valence-electron chi connectivity index (χ4n) is 1.38. The van der Waals surface area contributed by atoms with Gasteiger partial charge in [-0.05, 0) is 25.8 Å². The maximum Gasteiger partial charge on any atom is 0.383 e. The summed E-state index contributed by atoms with van der Waals surface area (Å²) < 4.78 is 31.7. The SMILES string of the molecule is CC(=O)c1cccc(C(F)(F)OC2CC2)c1. The lowest BCUT2D eigenvalue weighted by atomic mass is 10.1. The average molecular weight is 226 g/mol. The maximum absolute atomic E-state index is 13.6. The van der Waals surface area contributed by atoms with E-state index in [1.807, 2.05) is 0 Å². The Morgan fingerprint density at radius 1 is 1.44 bits per heavy atom. The second-order valence-electron chi connectivity index (χ2n) is 3.97. The number of carbonyl (C=O) groups excluding carboxylic acids is 1. The van der Waals surface area contributed by atoms with E-state index in [4.69, 9.17) is 0 Å². The lowest BCUT2D eigenvalue weighted by Gasteiger charge is -2.17. The number of ether oxygens (including phenoxy) is 1. The number of carbonyl (C=O) groups is 1. The fourth-order valence-corrected chi connectivity index (χ4v) is 1.38. The van der Waals surface area contributed by atoms with Crippen LogP contribution in [0.3, 0.4) is 0 Å². The number of rotatable bonds is 4. The summed E-state index contributed by atoms with van der Waals surface area (Å²) in [7, 11) is 0. The summed E-state index contributed by atoms with van der Waals surface area (Å²) in [6.45, 7) is 1.35. The van der Waals surface area contributed by atoms with E-state index in [0.29, 0.717) is 12.8 Å². The Bertz CT molecular complexity index is 411. The van der Waals surface area contributed by atoms with Gasteiger partial charge in [0.25, 0.3) is 0 Å². The van der Waals surface area contributed by atoms with Crippen molar-refractivity contribution >= 4 is 5.78 Å². The molecular weight excluding hydrogens is 214 g/mol. The second kappa shape index (κ2) is 3.94. The lowest BCUT2D eigenvalue weighted by molar-refractivity contribution is -0.255. The first kappa shape index (κ1) is 11.2. The van der Waals surface area contributed by atoms with Gasteiger partial charge in [-0.25, -0.2) is 0 Å². The summed E-state index contributed by atoms with van der Waals surface area (Å²) in [5, 5.41) is 0. The van der Waals surface area contributed by atoms with Gasteiger partial charge in [-0.15, -0.1) is 0 Å². The number of halogens is 2. The number of ketones is 1. The van der Waals surface area contributed by atoms with E-state index in [0.717, 1.165) is 0 Å². The van der Waals surface area contributed by atoms with Crippen LogP contribution < -0.4 is 0 Å². The number of hydrogen-bond donors (Lipinski definition) is 0. The highest BCUT2D eigenvalue weighted by molar-refractivity contribution is 5.94. The lowest BCUT2D eigenvalue weighted by Crippen LogP contribution is -2.19. The molecule has 0 bridgehead atoms. The van der Waals surface area contributed by atoms with Crippen LogP contribution in [0.2, 0.25) is 0 Å². The summed E-state index contributed by atoms with van der Waals surface area (Å²) in [5.41, 5.74) is 0.0173. The Balaban J connectivity index is 2.23. The molecule has 0 aliphatic heterocycles. The van der Waals surface area contributed by atoms with E-state index >= 15 is 0 Å². The van der Waals surface area contributed by atoms with E-state index in [1.54, 1.807) is 0 Å². The molecule has 1 aliphatic rings. The van der Waals surface area contributed by atoms with Crippen LogP contribution in [-0.4, -0.2) is 11.9 Å².